The van der Waals surface area contributed by atoms with Gasteiger partial charge in [0, 0.05) is 25.4 Å². The van der Waals surface area contributed by atoms with Gasteiger partial charge in [0.15, 0.2) is 11.5 Å². The molecule has 1 aromatic carbocycles. The van der Waals surface area contributed by atoms with Gasteiger partial charge in [-0.2, -0.15) is 0 Å². The van der Waals surface area contributed by atoms with Gasteiger partial charge in [-0.15, -0.1) is 13.2 Å². The molecular weight excluding hydrogens is 670 g/mol. The van der Waals surface area contributed by atoms with Gasteiger partial charge in [0.05, 0.1) is 23.1 Å². The Morgan fingerprint density at radius 1 is 1.31 bits per heavy atom. The van der Waals surface area contributed by atoms with E-state index in [1.807, 2.05) is 0 Å². The maximum Gasteiger partial charge on any atom is 0.522 e. The third-order valence-electron chi connectivity index (χ3n) is 5.85. The number of benzene rings is 1. The summed E-state index contributed by atoms with van der Waals surface area (Å²) in [4.78, 5) is 32.3. The zero-order chi connectivity index (χ0) is 28.6. The first-order valence-electron chi connectivity index (χ1n) is 11.2. The van der Waals surface area contributed by atoms with E-state index in [1.54, 1.807) is 27.9 Å². The highest BCUT2D eigenvalue weighted by molar-refractivity contribution is 14.1. The van der Waals surface area contributed by atoms with Crippen molar-refractivity contribution in [3.63, 3.8) is 0 Å². The molecule has 0 saturated carbocycles. The zero-order valence-electron chi connectivity index (χ0n) is 19.8. The van der Waals surface area contributed by atoms with Crippen LogP contribution in [-0.4, -0.2) is 64.9 Å². The van der Waals surface area contributed by atoms with Crippen LogP contribution < -0.4 is 15.6 Å². The molecule has 39 heavy (non-hydrogen) atoms. The second kappa shape index (κ2) is 11.5. The number of carbonyl (C=O) groups excluding carboxylic acids is 1. The van der Waals surface area contributed by atoms with Crippen molar-refractivity contribution in [2.24, 2.45) is 0 Å². The zero-order valence-corrected chi connectivity index (χ0v) is 22.7. The van der Waals surface area contributed by atoms with Gasteiger partial charge < -0.3 is 18.4 Å². The average molecular weight is 689 g/mol. The van der Waals surface area contributed by atoms with Crippen molar-refractivity contribution in [1.82, 2.24) is 14.9 Å². The summed E-state index contributed by atoms with van der Waals surface area (Å²) in [6, 6.07) is 2.97. The molecule has 0 radical (unpaired) electrons. The van der Waals surface area contributed by atoms with Crippen molar-refractivity contribution in [2.75, 3.05) is 24.6 Å². The van der Waals surface area contributed by atoms with Crippen LogP contribution in [0.5, 0.6) is 0 Å². The van der Waals surface area contributed by atoms with Crippen LogP contribution in [0.2, 0.25) is 5.02 Å². The molecule has 4 rings (SSSR count). The molecule has 1 fully saturated rings. The highest BCUT2D eigenvalue weighted by Gasteiger charge is 2.33. The van der Waals surface area contributed by atoms with E-state index in [4.69, 9.17) is 14.7 Å². The molecule has 1 amide bonds. The lowest BCUT2D eigenvalue weighted by Crippen LogP contribution is -2.39. The van der Waals surface area contributed by atoms with Crippen molar-refractivity contribution < 1.29 is 39.7 Å². The lowest BCUT2D eigenvalue weighted by Gasteiger charge is -2.20. The summed E-state index contributed by atoms with van der Waals surface area (Å²) in [7, 11) is 0. The van der Waals surface area contributed by atoms with Crippen LogP contribution in [0.15, 0.2) is 35.3 Å². The number of hydrogen-bond acceptors (Lipinski definition) is 7. The lowest BCUT2D eigenvalue weighted by molar-refractivity contribution is -0.325. The van der Waals surface area contributed by atoms with Crippen molar-refractivity contribution >= 4 is 57.4 Å². The number of aliphatic hydroxyl groups excluding tert-OH is 1. The van der Waals surface area contributed by atoms with E-state index < -0.39 is 70.5 Å². The van der Waals surface area contributed by atoms with Crippen molar-refractivity contribution in [2.45, 2.75) is 31.5 Å². The monoisotopic (exact) mass is 688 g/mol. The fourth-order valence-corrected chi connectivity index (χ4v) is 4.85. The quantitative estimate of drug-likeness (QED) is 0.287. The molecule has 16 heteroatoms. The van der Waals surface area contributed by atoms with E-state index >= 15 is 0 Å². The number of ether oxygens (including phenoxy) is 1. The minimum atomic E-state index is -4.93. The molecule has 2 aromatic heterocycles. The summed E-state index contributed by atoms with van der Waals surface area (Å²) in [5.41, 5.74) is -1.99. The highest BCUT2D eigenvalue weighted by Crippen LogP contribution is 2.29. The smallest absolute Gasteiger partial charge is 0.388 e. The number of aliphatic hydroxyl groups is 1. The molecule has 9 nitrogen and oxygen atoms in total. The molecular formula is C23H19ClF5IN4O5. The predicted octanol–water partition coefficient (Wildman–Crippen LogP) is 3.89. The number of amides is 1. The van der Waals surface area contributed by atoms with Gasteiger partial charge in [-0.1, -0.05) is 11.6 Å². The number of fused-ring (bicyclic) bond motifs is 1. The number of alkyl halides is 3. The Morgan fingerprint density at radius 2 is 2.03 bits per heavy atom. The number of halogens is 7. The van der Waals surface area contributed by atoms with Crippen LogP contribution in [0, 0.1) is 11.6 Å². The number of β-amino-alcohol motifs (C(OH)–C–C–N with tert-alkyl or cyclic N) is 1. The van der Waals surface area contributed by atoms with Gasteiger partial charge in [-0.05, 0) is 25.1 Å². The van der Waals surface area contributed by atoms with Crippen LogP contribution in [0.4, 0.5) is 27.8 Å². The third kappa shape index (κ3) is 6.42. The van der Waals surface area contributed by atoms with Gasteiger partial charge in [0.2, 0.25) is 5.43 Å². The molecule has 0 spiro atoms. The first-order valence-corrected chi connectivity index (χ1v) is 12.5. The standard InChI is InChI=1S/C23H19ClF5IN4O5/c1-10(9-38-23(27,28)29)31-22(37)13-6-34(19-14(24)4-11(25)5-15(19)26)21-12(20(13)36)2-3-18(32-21)33-7-16(35)17(8-33)39-30/h2-6,10,16-17,35H,7-9H2,1H3,(H,31,37)/t10-,16+,17+/m0/s1. The second-order valence-electron chi connectivity index (χ2n) is 8.73. The van der Waals surface area contributed by atoms with E-state index in [2.05, 4.69) is 15.0 Å². The topological polar surface area (TPSA) is 106 Å². The van der Waals surface area contributed by atoms with Crippen LogP contribution >= 0.6 is 34.6 Å². The summed E-state index contributed by atoms with van der Waals surface area (Å²) in [6.07, 6.45) is -5.36. The Balaban J connectivity index is 1.84. The number of pyridine rings is 2. The fourth-order valence-electron chi connectivity index (χ4n) is 4.06. The Morgan fingerprint density at radius 3 is 2.64 bits per heavy atom. The van der Waals surface area contributed by atoms with Crippen LogP contribution in [0.3, 0.4) is 0 Å². The summed E-state index contributed by atoms with van der Waals surface area (Å²) in [6.45, 7) is 0.687. The number of hydrogen-bond donors (Lipinski definition) is 2. The van der Waals surface area contributed by atoms with E-state index in [9.17, 15) is 36.6 Å². The molecule has 1 aliphatic heterocycles. The second-order valence-corrected chi connectivity index (χ2v) is 9.65. The van der Waals surface area contributed by atoms with Crippen LogP contribution in [0.25, 0.3) is 16.7 Å². The number of anilines is 1. The fraction of sp³-hybridized carbons (Fsp3) is 0.348. The predicted molar refractivity (Wildman–Crippen MR) is 138 cm³/mol. The summed E-state index contributed by atoms with van der Waals surface area (Å²) in [5, 5.41) is 11.9. The number of nitrogens with zero attached hydrogens (tertiary/aromatic N) is 3. The maximum atomic E-state index is 15.0. The normalized spacial score (nSPS) is 18.5. The minimum absolute atomic E-state index is 0.139. The number of nitrogens with one attached hydrogen (secondary N) is 1. The van der Waals surface area contributed by atoms with E-state index in [-0.39, 0.29) is 29.9 Å². The molecule has 2 N–H and O–H groups in total. The Kier molecular flexibility index (Phi) is 8.65. The van der Waals surface area contributed by atoms with Gasteiger partial charge >= 0.3 is 6.36 Å². The number of aromatic nitrogens is 2. The van der Waals surface area contributed by atoms with Gasteiger partial charge in [0.25, 0.3) is 5.91 Å². The lowest BCUT2D eigenvalue weighted by atomic mass is 10.1. The minimum Gasteiger partial charge on any atom is -0.388 e. The Bertz CT molecular complexity index is 1450. The molecule has 0 unspecified atom stereocenters. The highest BCUT2D eigenvalue weighted by atomic mass is 127. The molecule has 0 aliphatic carbocycles. The largest absolute Gasteiger partial charge is 0.522 e. The van der Waals surface area contributed by atoms with Crippen LogP contribution in [0.1, 0.15) is 17.3 Å². The third-order valence-corrected chi connectivity index (χ3v) is 6.79. The van der Waals surface area contributed by atoms with Gasteiger partial charge in [0.1, 0.15) is 58.1 Å². The van der Waals surface area contributed by atoms with Crippen molar-refractivity contribution in [1.29, 1.82) is 0 Å². The summed E-state index contributed by atoms with van der Waals surface area (Å²) < 4.78 is 75.8. The molecule has 3 heterocycles. The molecule has 1 aliphatic rings. The number of carbonyl (C=O) groups is 1. The van der Waals surface area contributed by atoms with E-state index in [1.165, 1.54) is 19.1 Å². The first-order chi connectivity index (χ1) is 18.3. The van der Waals surface area contributed by atoms with Gasteiger partial charge in [-0.25, -0.2) is 13.8 Å². The van der Waals surface area contributed by atoms with Gasteiger partial charge in [-0.3, -0.25) is 18.9 Å². The maximum absolute atomic E-state index is 15.0. The molecule has 0 bridgehead atoms. The molecule has 3 atom stereocenters. The Labute approximate surface area is 236 Å². The van der Waals surface area contributed by atoms with Crippen molar-refractivity contribution in [3.05, 3.63) is 62.9 Å². The SMILES string of the molecule is C[C@@H](COC(F)(F)F)NC(=O)c1cn(-c2c(F)cc(F)cc2Cl)c2nc(N3C[C@@H](O)[C@H](OI)C3)ccc2c1=O. The number of rotatable bonds is 7. The first kappa shape index (κ1) is 29.4. The average Bonchev–Trinajstić information content (AvgIpc) is 3.23. The van der Waals surface area contributed by atoms with E-state index in [0.717, 1.165) is 16.8 Å². The summed E-state index contributed by atoms with van der Waals surface area (Å²) >= 11 is 7.80. The molecule has 3 aromatic rings. The van der Waals surface area contributed by atoms with Crippen molar-refractivity contribution in [3.8, 4) is 5.69 Å². The summed E-state index contributed by atoms with van der Waals surface area (Å²) in [5.74, 6) is -2.90. The van der Waals surface area contributed by atoms with E-state index in [0.29, 0.717) is 6.07 Å². The Hall–Kier alpha value is -2.60. The molecule has 1 saturated heterocycles. The molecule has 210 valence electrons. The van der Waals surface area contributed by atoms with Crippen LogP contribution in [-0.2, 0) is 7.80 Å².